The van der Waals surface area contributed by atoms with Crippen molar-refractivity contribution >= 4 is 11.6 Å². The summed E-state index contributed by atoms with van der Waals surface area (Å²) in [5.74, 6) is 0.0339. The van der Waals surface area contributed by atoms with Crippen molar-refractivity contribution in [2.45, 2.75) is 32.6 Å². The molecule has 20 heavy (non-hydrogen) atoms. The summed E-state index contributed by atoms with van der Waals surface area (Å²) in [4.78, 5) is 11.9. The van der Waals surface area contributed by atoms with Gasteiger partial charge in [0.2, 0.25) is 5.91 Å². The highest BCUT2D eigenvalue weighted by Crippen LogP contribution is 2.29. The molecule has 0 atom stereocenters. The Morgan fingerprint density at radius 1 is 1.20 bits per heavy atom. The van der Waals surface area contributed by atoms with Gasteiger partial charge in [-0.1, -0.05) is 39.0 Å². The molecule has 4 nitrogen and oxygen atoms in total. The molecule has 1 rings (SSSR count). The average molecular weight is 278 g/mol. The Bertz CT molecular complexity index is 425. The highest BCUT2D eigenvalue weighted by Gasteiger charge is 2.18. The van der Waals surface area contributed by atoms with E-state index in [0.29, 0.717) is 19.6 Å². The maximum Gasteiger partial charge on any atom is 0.225 e. The summed E-state index contributed by atoms with van der Waals surface area (Å²) in [7, 11) is 1.66. The van der Waals surface area contributed by atoms with Gasteiger partial charge < -0.3 is 15.4 Å². The molecule has 1 aromatic carbocycles. The number of benzene rings is 1. The minimum Gasteiger partial charge on any atom is -0.383 e. The normalized spacial score (nSPS) is 11.4. The van der Waals surface area contributed by atoms with Crippen LogP contribution >= 0.6 is 0 Å². The summed E-state index contributed by atoms with van der Waals surface area (Å²) >= 11 is 0. The molecule has 0 bridgehead atoms. The number of carbonyl (C=O) groups excluding carboxylic acids is 1. The summed E-state index contributed by atoms with van der Waals surface area (Å²) in [6.07, 6.45) is 0.461. The molecule has 0 aliphatic heterocycles. The molecule has 0 saturated heterocycles. The molecule has 0 spiro atoms. The molecule has 0 saturated carbocycles. The Morgan fingerprint density at radius 3 is 2.55 bits per heavy atom. The second kappa shape index (κ2) is 8.02. The standard InChI is InChI=1S/C16H26N2O2/c1-16(2,3)13-7-5-6-8-14(13)18-15(19)9-10-17-11-12-20-4/h5-8,17H,9-12H2,1-4H3,(H,18,19). The Balaban J connectivity index is 2.50. The second-order valence-corrected chi connectivity index (χ2v) is 5.84. The maximum absolute atomic E-state index is 11.9. The van der Waals surface area contributed by atoms with E-state index in [4.69, 9.17) is 4.74 Å². The van der Waals surface area contributed by atoms with Crippen molar-refractivity contribution in [3.05, 3.63) is 29.8 Å². The smallest absolute Gasteiger partial charge is 0.225 e. The first kappa shape index (κ1) is 16.7. The number of ether oxygens (including phenoxy) is 1. The van der Waals surface area contributed by atoms with E-state index in [1.165, 1.54) is 0 Å². The van der Waals surface area contributed by atoms with Crippen LogP contribution in [0.2, 0.25) is 0 Å². The predicted molar refractivity (Wildman–Crippen MR) is 83.1 cm³/mol. The molecule has 2 N–H and O–H groups in total. The zero-order valence-corrected chi connectivity index (χ0v) is 13.0. The fraction of sp³-hybridized carbons (Fsp3) is 0.562. The molecular weight excluding hydrogens is 252 g/mol. The average Bonchev–Trinajstić information content (AvgIpc) is 2.38. The number of para-hydroxylation sites is 1. The van der Waals surface area contributed by atoms with Crippen LogP contribution in [0.1, 0.15) is 32.8 Å². The number of methoxy groups -OCH3 is 1. The van der Waals surface area contributed by atoms with Crippen molar-refractivity contribution in [1.29, 1.82) is 0 Å². The fourth-order valence-electron chi connectivity index (χ4n) is 1.96. The predicted octanol–water partition coefficient (Wildman–Crippen LogP) is 2.55. The Morgan fingerprint density at radius 2 is 1.90 bits per heavy atom. The zero-order chi connectivity index (χ0) is 15.0. The van der Waals surface area contributed by atoms with Gasteiger partial charge in [-0.05, 0) is 17.0 Å². The number of hydrogen-bond donors (Lipinski definition) is 2. The molecule has 0 aromatic heterocycles. The third-order valence-corrected chi connectivity index (χ3v) is 3.02. The molecule has 0 fully saturated rings. The number of hydrogen-bond acceptors (Lipinski definition) is 3. The summed E-state index contributed by atoms with van der Waals surface area (Å²) in [6, 6.07) is 7.97. The van der Waals surface area contributed by atoms with Crippen molar-refractivity contribution in [2.24, 2.45) is 0 Å². The first-order valence-corrected chi connectivity index (χ1v) is 7.04. The van der Waals surface area contributed by atoms with E-state index in [1.54, 1.807) is 7.11 Å². The summed E-state index contributed by atoms with van der Waals surface area (Å²) < 4.78 is 4.93. The van der Waals surface area contributed by atoms with Crippen molar-refractivity contribution < 1.29 is 9.53 Å². The third kappa shape index (κ3) is 5.72. The minimum absolute atomic E-state index is 0.0145. The zero-order valence-electron chi connectivity index (χ0n) is 13.0. The van der Waals surface area contributed by atoms with Crippen LogP contribution in [0.15, 0.2) is 24.3 Å². The molecule has 0 aliphatic rings. The summed E-state index contributed by atoms with van der Waals surface area (Å²) in [5, 5.41) is 6.16. The second-order valence-electron chi connectivity index (χ2n) is 5.84. The third-order valence-electron chi connectivity index (χ3n) is 3.02. The lowest BCUT2D eigenvalue weighted by Gasteiger charge is -2.23. The first-order valence-electron chi connectivity index (χ1n) is 7.04. The topological polar surface area (TPSA) is 50.4 Å². The van der Waals surface area contributed by atoms with E-state index < -0.39 is 0 Å². The highest BCUT2D eigenvalue weighted by atomic mass is 16.5. The maximum atomic E-state index is 11.9. The van der Waals surface area contributed by atoms with E-state index in [9.17, 15) is 4.79 Å². The van der Waals surface area contributed by atoms with Gasteiger partial charge in [-0.3, -0.25) is 4.79 Å². The van der Waals surface area contributed by atoms with Gasteiger partial charge in [0.05, 0.1) is 6.61 Å². The van der Waals surface area contributed by atoms with Gasteiger partial charge in [0, 0.05) is 32.3 Å². The number of anilines is 1. The van der Waals surface area contributed by atoms with Gasteiger partial charge in [-0.25, -0.2) is 0 Å². The SMILES string of the molecule is COCCNCCC(=O)Nc1ccccc1C(C)(C)C. The number of carbonyl (C=O) groups is 1. The van der Waals surface area contributed by atoms with Crippen LogP contribution in [0.4, 0.5) is 5.69 Å². The summed E-state index contributed by atoms with van der Waals surface area (Å²) in [5.41, 5.74) is 2.07. The summed E-state index contributed by atoms with van der Waals surface area (Å²) in [6.45, 7) is 8.52. The van der Waals surface area contributed by atoms with Gasteiger partial charge in [0.1, 0.15) is 0 Å². The lowest BCUT2D eigenvalue weighted by atomic mass is 9.86. The van der Waals surface area contributed by atoms with Crippen molar-refractivity contribution in [3.8, 4) is 0 Å². The highest BCUT2D eigenvalue weighted by molar-refractivity contribution is 5.91. The first-order chi connectivity index (χ1) is 9.45. The molecule has 1 amide bonds. The molecule has 1 aromatic rings. The molecule has 0 heterocycles. The van der Waals surface area contributed by atoms with Gasteiger partial charge in [0.25, 0.3) is 0 Å². The Labute approximate surface area is 121 Å². The van der Waals surface area contributed by atoms with Crippen LogP contribution in [0, 0.1) is 0 Å². The number of rotatable bonds is 7. The van der Waals surface area contributed by atoms with Crippen LogP contribution in [-0.4, -0.2) is 32.7 Å². The fourth-order valence-corrected chi connectivity index (χ4v) is 1.96. The molecule has 0 radical (unpaired) electrons. The van der Waals surface area contributed by atoms with Crippen LogP contribution < -0.4 is 10.6 Å². The quantitative estimate of drug-likeness (QED) is 0.754. The minimum atomic E-state index is 0.0145. The Hall–Kier alpha value is -1.39. The molecular formula is C16H26N2O2. The molecule has 4 heteroatoms. The van der Waals surface area contributed by atoms with Crippen molar-refractivity contribution in [2.75, 3.05) is 32.1 Å². The van der Waals surface area contributed by atoms with E-state index in [-0.39, 0.29) is 11.3 Å². The largest absolute Gasteiger partial charge is 0.383 e. The van der Waals surface area contributed by atoms with Crippen LogP contribution in [0.3, 0.4) is 0 Å². The van der Waals surface area contributed by atoms with Gasteiger partial charge >= 0.3 is 0 Å². The Kier molecular flexibility index (Phi) is 6.68. The van der Waals surface area contributed by atoms with E-state index in [2.05, 4.69) is 37.5 Å². The monoisotopic (exact) mass is 278 g/mol. The van der Waals surface area contributed by atoms with Crippen LogP contribution in [-0.2, 0) is 14.9 Å². The van der Waals surface area contributed by atoms with E-state index >= 15 is 0 Å². The number of amides is 1. The van der Waals surface area contributed by atoms with Gasteiger partial charge in [0.15, 0.2) is 0 Å². The number of nitrogens with one attached hydrogen (secondary N) is 2. The van der Waals surface area contributed by atoms with E-state index in [1.807, 2.05) is 18.2 Å². The van der Waals surface area contributed by atoms with E-state index in [0.717, 1.165) is 17.8 Å². The van der Waals surface area contributed by atoms with Crippen LogP contribution in [0.25, 0.3) is 0 Å². The molecule has 0 aliphatic carbocycles. The molecule has 112 valence electrons. The molecule has 0 unspecified atom stereocenters. The van der Waals surface area contributed by atoms with Gasteiger partial charge in [-0.2, -0.15) is 0 Å². The lowest BCUT2D eigenvalue weighted by Crippen LogP contribution is -2.25. The van der Waals surface area contributed by atoms with Crippen LogP contribution in [0.5, 0.6) is 0 Å². The van der Waals surface area contributed by atoms with Crippen molar-refractivity contribution in [1.82, 2.24) is 5.32 Å². The van der Waals surface area contributed by atoms with Crippen molar-refractivity contribution in [3.63, 3.8) is 0 Å². The lowest BCUT2D eigenvalue weighted by molar-refractivity contribution is -0.116. The van der Waals surface area contributed by atoms with Gasteiger partial charge in [-0.15, -0.1) is 0 Å².